The molecule has 110 valence electrons. The van der Waals surface area contributed by atoms with Crippen LogP contribution in [0.3, 0.4) is 0 Å². The maximum atomic E-state index is 12.1. The van der Waals surface area contributed by atoms with Crippen molar-refractivity contribution in [1.82, 2.24) is 0 Å². The number of amides is 1. The van der Waals surface area contributed by atoms with Crippen LogP contribution < -0.4 is 5.73 Å². The monoisotopic (exact) mass is 283 g/mol. The van der Waals surface area contributed by atoms with Crippen LogP contribution in [0.2, 0.25) is 0 Å². The summed E-state index contributed by atoms with van der Waals surface area (Å²) >= 11 is 0. The quantitative estimate of drug-likeness (QED) is 0.875. The minimum absolute atomic E-state index is 0.335. The smallest absolute Gasteiger partial charge is 0.225 e. The summed E-state index contributed by atoms with van der Waals surface area (Å²) in [6, 6.07) is 13.6. The number of rotatable bonds is 4. The van der Waals surface area contributed by atoms with Crippen molar-refractivity contribution in [2.24, 2.45) is 17.1 Å². The molecule has 2 unspecified atom stereocenters. The number of primary amides is 1. The van der Waals surface area contributed by atoms with E-state index in [2.05, 4.69) is 0 Å². The predicted octanol–water partition coefficient (Wildman–Crippen LogP) is 3.27. The van der Waals surface area contributed by atoms with Crippen LogP contribution in [-0.4, -0.2) is 12.2 Å². The van der Waals surface area contributed by atoms with Crippen LogP contribution in [0.15, 0.2) is 42.5 Å². The molecule has 2 aromatic carbocycles. The molecule has 0 fully saturated rings. The molecule has 3 heteroatoms. The lowest BCUT2D eigenvalue weighted by Crippen LogP contribution is -2.36. The Balaban J connectivity index is 2.66. The molecular formula is C18H21NO2. The highest BCUT2D eigenvalue weighted by atomic mass is 16.1. The van der Waals surface area contributed by atoms with Crippen LogP contribution in [0.4, 0.5) is 0 Å². The Morgan fingerprint density at radius 3 is 2.29 bits per heavy atom. The normalized spacial score (nSPS) is 14.6. The number of nitrogens with two attached hydrogens (primary N) is 1. The summed E-state index contributed by atoms with van der Waals surface area (Å²) in [7, 11) is 0. The van der Waals surface area contributed by atoms with Gasteiger partial charge in [-0.3, -0.25) is 4.79 Å². The Bertz CT molecular complexity index is 665. The average Bonchev–Trinajstić information content (AvgIpc) is 2.42. The largest absolute Gasteiger partial charge is 0.369 e. The maximum Gasteiger partial charge on any atom is 0.225 e. The summed E-state index contributed by atoms with van der Waals surface area (Å²) in [4.78, 5) is 23.7. The zero-order chi connectivity index (χ0) is 15.6. The first kappa shape index (κ1) is 15.2. The molecule has 0 aliphatic heterocycles. The molecule has 0 aliphatic rings. The molecule has 2 atom stereocenters. The van der Waals surface area contributed by atoms with Gasteiger partial charge in [-0.1, -0.05) is 63.2 Å². The molecule has 3 nitrogen and oxygen atoms in total. The van der Waals surface area contributed by atoms with Gasteiger partial charge in [-0.05, 0) is 21.8 Å². The Kier molecular flexibility index (Phi) is 4.12. The standard InChI is InChI=1S/C18H21NO2/c1-18(2,3)15(11-20)16(17(19)21)14-10-6-8-12-7-4-5-9-13(12)14/h4-11,15-16H,1-3H3,(H2,19,21). The molecule has 0 heterocycles. The molecule has 0 saturated carbocycles. The topological polar surface area (TPSA) is 60.2 Å². The van der Waals surface area contributed by atoms with Crippen LogP contribution in [0, 0.1) is 11.3 Å². The Morgan fingerprint density at radius 2 is 1.71 bits per heavy atom. The van der Waals surface area contributed by atoms with Crippen molar-refractivity contribution in [1.29, 1.82) is 0 Å². The molecule has 2 aromatic rings. The fourth-order valence-corrected chi connectivity index (χ4v) is 2.83. The summed E-state index contributed by atoms with van der Waals surface area (Å²) in [5.41, 5.74) is 6.13. The number of carbonyl (C=O) groups is 2. The minimum Gasteiger partial charge on any atom is -0.369 e. The van der Waals surface area contributed by atoms with Crippen LogP contribution in [0.5, 0.6) is 0 Å². The predicted molar refractivity (Wildman–Crippen MR) is 84.9 cm³/mol. The van der Waals surface area contributed by atoms with Gasteiger partial charge in [-0.15, -0.1) is 0 Å². The average molecular weight is 283 g/mol. The molecule has 0 saturated heterocycles. The fourth-order valence-electron chi connectivity index (χ4n) is 2.83. The van der Waals surface area contributed by atoms with Crippen molar-refractivity contribution >= 4 is 23.0 Å². The molecule has 0 aliphatic carbocycles. The molecule has 0 aromatic heterocycles. The van der Waals surface area contributed by atoms with E-state index < -0.39 is 17.7 Å². The molecular weight excluding hydrogens is 262 g/mol. The van der Waals surface area contributed by atoms with E-state index in [1.807, 2.05) is 63.2 Å². The van der Waals surface area contributed by atoms with Gasteiger partial charge in [0.1, 0.15) is 6.29 Å². The van der Waals surface area contributed by atoms with E-state index in [-0.39, 0.29) is 5.41 Å². The molecule has 0 bridgehead atoms. The molecule has 0 radical (unpaired) electrons. The summed E-state index contributed by atoms with van der Waals surface area (Å²) in [5, 5.41) is 2.01. The third-order valence-corrected chi connectivity index (χ3v) is 3.97. The second-order valence-electron chi connectivity index (χ2n) is 6.48. The van der Waals surface area contributed by atoms with E-state index in [1.54, 1.807) is 0 Å². The van der Waals surface area contributed by atoms with E-state index >= 15 is 0 Å². The van der Waals surface area contributed by atoms with Gasteiger partial charge in [0, 0.05) is 5.92 Å². The lowest BCUT2D eigenvalue weighted by atomic mass is 9.70. The highest BCUT2D eigenvalue weighted by molar-refractivity contribution is 5.94. The summed E-state index contributed by atoms with van der Waals surface area (Å²) < 4.78 is 0. The van der Waals surface area contributed by atoms with E-state index in [0.717, 1.165) is 22.6 Å². The van der Waals surface area contributed by atoms with Gasteiger partial charge >= 0.3 is 0 Å². The third-order valence-electron chi connectivity index (χ3n) is 3.97. The minimum atomic E-state index is -0.617. The van der Waals surface area contributed by atoms with Crippen LogP contribution in [0.25, 0.3) is 10.8 Å². The zero-order valence-electron chi connectivity index (χ0n) is 12.7. The van der Waals surface area contributed by atoms with Gasteiger partial charge in [-0.25, -0.2) is 0 Å². The lowest BCUT2D eigenvalue weighted by Gasteiger charge is -2.32. The number of carbonyl (C=O) groups excluding carboxylic acids is 2. The van der Waals surface area contributed by atoms with Gasteiger partial charge in [-0.2, -0.15) is 0 Å². The second-order valence-corrected chi connectivity index (χ2v) is 6.48. The molecule has 2 N–H and O–H groups in total. The van der Waals surface area contributed by atoms with Crippen molar-refractivity contribution in [3.63, 3.8) is 0 Å². The van der Waals surface area contributed by atoms with Crippen LogP contribution >= 0.6 is 0 Å². The molecule has 1 amide bonds. The first-order valence-electron chi connectivity index (χ1n) is 7.08. The molecule has 21 heavy (non-hydrogen) atoms. The van der Waals surface area contributed by atoms with Gasteiger partial charge in [0.2, 0.25) is 5.91 Å². The summed E-state index contributed by atoms with van der Waals surface area (Å²) in [5.74, 6) is -1.53. The molecule has 0 spiro atoms. The van der Waals surface area contributed by atoms with E-state index in [9.17, 15) is 9.59 Å². The number of aldehydes is 1. The van der Waals surface area contributed by atoms with Crippen molar-refractivity contribution < 1.29 is 9.59 Å². The number of fused-ring (bicyclic) bond motifs is 1. The van der Waals surface area contributed by atoms with E-state index in [1.165, 1.54) is 0 Å². The first-order chi connectivity index (χ1) is 9.86. The molecule has 2 rings (SSSR count). The second kappa shape index (κ2) is 5.68. The third kappa shape index (κ3) is 2.97. The highest BCUT2D eigenvalue weighted by Gasteiger charge is 2.37. The van der Waals surface area contributed by atoms with E-state index in [0.29, 0.717) is 0 Å². The number of hydrogen-bond acceptors (Lipinski definition) is 2. The van der Waals surface area contributed by atoms with Gasteiger partial charge in [0.05, 0.1) is 5.92 Å². The van der Waals surface area contributed by atoms with E-state index in [4.69, 9.17) is 5.73 Å². The Labute approximate surface area is 125 Å². The first-order valence-corrected chi connectivity index (χ1v) is 7.08. The zero-order valence-corrected chi connectivity index (χ0v) is 12.7. The summed E-state index contributed by atoms with van der Waals surface area (Å²) in [6.45, 7) is 5.85. The number of benzene rings is 2. The van der Waals surface area contributed by atoms with Crippen molar-refractivity contribution in [3.05, 3.63) is 48.0 Å². The van der Waals surface area contributed by atoms with Crippen molar-refractivity contribution in [2.75, 3.05) is 0 Å². The lowest BCUT2D eigenvalue weighted by molar-refractivity contribution is -0.126. The number of hydrogen-bond donors (Lipinski definition) is 1. The summed E-state index contributed by atoms with van der Waals surface area (Å²) in [6.07, 6.45) is 0.858. The van der Waals surface area contributed by atoms with Gasteiger partial charge in [0.15, 0.2) is 0 Å². The Morgan fingerprint density at radius 1 is 1.10 bits per heavy atom. The van der Waals surface area contributed by atoms with Crippen molar-refractivity contribution in [2.45, 2.75) is 26.7 Å². The van der Waals surface area contributed by atoms with Crippen LogP contribution in [0.1, 0.15) is 32.3 Å². The fraction of sp³-hybridized carbons (Fsp3) is 0.333. The highest BCUT2D eigenvalue weighted by Crippen LogP contribution is 2.38. The van der Waals surface area contributed by atoms with Gasteiger partial charge in [0.25, 0.3) is 0 Å². The van der Waals surface area contributed by atoms with Crippen LogP contribution in [-0.2, 0) is 9.59 Å². The van der Waals surface area contributed by atoms with Crippen molar-refractivity contribution in [3.8, 4) is 0 Å². The van der Waals surface area contributed by atoms with Gasteiger partial charge < -0.3 is 10.5 Å². The SMILES string of the molecule is CC(C)(C)C(C=O)C(C(N)=O)c1cccc2ccccc12. The maximum absolute atomic E-state index is 12.1. The Hall–Kier alpha value is -2.16.